The minimum Gasteiger partial charge on any atom is -0.494 e. The number of nitrogens with one attached hydrogen (secondary N) is 2. The van der Waals surface area contributed by atoms with E-state index in [9.17, 15) is 9.59 Å². The highest BCUT2D eigenvalue weighted by molar-refractivity contribution is 5.95. The quantitative estimate of drug-likeness (QED) is 0.515. The van der Waals surface area contributed by atoms with E-state index in [1.165, 1.54) is 7.11 Å². The summed E-state index contributed by atoms with van der Waals surface area (Å²) in [5.74, 6) is 0.448. The zero-order valence-corrected chi connectivity index (χ0v) is 15.5. The molecule has 0 saturated carbocycles. The van der Waals surface area contributed by atoms with Gasteiger partial charge in [0.25, 0.3) is 0 Å². The zero-order chi connectivity index (χ0) is 18.8. The van der Waals surface area contributed by atoms with Gasteiger partial charge in [-0.05, 0) is 56.6 Å². The van der Waals surface area contributed by atoms with E-state index in [0.717, 1.165) is 31.6 Å². The molecular weight excluding hydrogens is 336 g/mol. The summed E-state index contributed by atoms with van der Waals surface area (Å²) >= 11 is 0. The molecule has 0 bridgehead atoms. The smallest absolute Gasteiger partial charge is 0.305 e. The molecule has 1 aromatic rings. The van der Waals surface area contributed by atoms with Crippen LogP contribution < -0.4 is 15.4 Å². The molecule has 7 heteroatoms. The van der Waals surface area contributed by atoms with Crippen LogP contribution in [0.3, 0.4) is 0 Å². The Morgan fingerprint density at radius 1 is 1.15 bits per heavy atom. The van der Waals surface area contributed by atoms with Crippen molar-refractivity contribution in [3.8, 4) is 5.75 Å². The van der Waals surface area contributed by atoms with Crippen LogP contribution in [0.2, 0.25) is 0 Å². The summed E-state index contributed by atoms with van der Waals surface area (Å²) in [6.07, 6.45) is 2.45. The number of hydrogen-bond acceptors (Lipinski definition) is 6. The van der Waals surface area contributed by atoms with Gasteiger partial charge in [-0.15, -0.1) is 0 Å². The normalized spacial score (nSPS) is 15.9. The predicted molar refractivity (Wildman–Crippen MR) is 98.2 cm³/mol. The third-order valence-corrected chi connectivity index (χ3v) is 4.60. The van der Waals surface area contributed by atoms with Gasteiger partial charge in [-0.1, -0.05) is 0 Å². The molecule has 1 fully saturated rings. The molecule has 1 amide bonds. The largest absolute Gasteiger partial charge is 0.494 e. The predicted octanol–water partition coefficient (Wildman–Crippen LogP) is 1.97. The van der Waals surface area contributed by atoms with Crippen LogP contribution in [0.25, 0.3) is 0 Å². The van der Waals surface area contributed by atoms with E-state index in [1.807, 2.05) is 12.1 Å². The van der Waals surface area contributed by atoms with Gasteiger partial charge >= 0.3 is 5.97 Å². The molecule has 2 rings (SSSR count). The Bertz CT molecular complexity index is 577. The Labute approximate surface area is 154 Å². The number of amides is 1. The SMILES string of the molecule is COCC1(C(=O)Nc2ccc(OCCCC(=O)OC)cc2)CCNCC1. The summed E-state index contributed by atoms with van der Waals surface area (Å²) in [5.41, 5.74) is 0.245. The van der Waals surface area contributed by atoms with E-state index in [0.29, 0.717) is 31.8 Å². The summed E-state index contributed by atoms with van der Waals surface area (Å²) in [6.45, 7) is 2.48. The number of ether oxygens (including phenoxy) is 3. The lowest BCUT2D eigenvalue weighted by molar-refractivity contribution is -0.140. The average molecular weight is 364 g/mol. The molecule has 1 aliphatic heterocycles. The van der Waals surface area contributed by atoms with Crippen molar-refractivity contribution in [2.75, 3.05) is 45.8 Å². The topological polar surface area (TPSA) is 85.9 Å². The number of piperidine rings is 1. The van der Waals surface area contributed by atoms with Crippen molar-refractivity contribution < 1.29 is 23.8 Å². The first-order valence-electron chi connectivity index (χ1n) is 8.90. The van der Waals surface area contributed by atoms with E-state index in [1.54, 1.807) is 19.2 Å². The average Bonchev–Trinajstić information content (AvgIpc) is 2.67. The molecule has 7 nitrogen and oxygen atoms in total. The third-order valence-electron chi connectivity index (χ3n) is 4.60. The second-order valence-corrected chi connectivity index (χ2v) is 6.47. The van der Waals surface area contributed by atoms with Gasteiger partial charge in [-0.2, -0.15) is 0 Å². The molecule has 0 aromatic heterocycles. The minimum absolute atomic E-state index is 0.00686. The van der Waals surface area contributed by atoms with Crippen LogP contribution in [0.15, 0.2) is 24.3 Å². The van der Waals surface area contributed by atoms with Gasteiger partial charge in [-0.25, -0.2) is 0 Å². The van der Waals surface area contributed by atoms with Gasteiger partial charge in [0.2, 0.25) is 5.91 Å². The molecule has 2 N–H and O–H groups in total. The first-order valence-corrected chi connectivity index (χ1v) is 8.90. The molecule has 0 spiro atoms. The molecule has 0 atom stereocenters. The zero-order valence-electron chi connectivity index (χ0n) is 15.5. The van der Waals surface area contributed by atoms with Crippen molar-refractivity contribution in [3.63, 3.8) is 0 Å². The highest BCUT2D eigenvalue weighted by atomic mass is 16.5. The molecule has 26 heavy (non-hydrogen) atoms. The van der Waals surface area contributed by atoms with E-state index >= 15 is 0 Å². The van der Waals surface area contributed by atoms with Crippen LogP contribution in [0.5, 0.6) is 5.75 Å². The number of carbonyl (C=O) groups is 2. The Hall–Kier alpha value is -2.12. The second kappa shape index (κ2) is 10.1. The molecule has 1 saturated heterocycles. The monoisotopic (exact) mass is 364 g/mol. The van der Waals surface area contributed by atoms with Crippen molar-refractivity contribution in [2.45, 2.75) is 25.7 Å². The molecule has 0 aliphatic carbocycles. The number of benzene rings is 1. The lowest BCUT2D eigenvalue weighted by Gasteiger charge is -2.35. The van der Waals surface area contributed by atoms with Crippen LogP contribution in [0, 0.1) is 5.41 Å². The van der Waals surface area contributed by atoms with Crippen molar-refractivity contribution in [2.24, 2.45) is 5.41 Å². The van der Waals surface area contributed by atoms with Gasteiger partial charge in [0.05, 0.1) is 25.7 Å². The fourth-order valence-corrected chi connectivity index (χ4v) is 3.03. The summed E-state index contributed by atoms with van der Waals surface area (Å²) in [6, 6.07) is 7.24. The highest BCUT2D eigenvalue weighted by Crippen LogP contribution is 2.31. The fourth-order valence-electron chi connectivity index (χ4n) is 3.03. The maximum absolute atomic E-state index is 12.8. The summed E-state index contributed by atoms with van der Waals surface area (Å²) in [7, 11) is 3.00. The van der Waals surface area contributed by atoms with Crippen LogP contribution in [0.4, 0.5) is 5.69 Å². The number of esters is 1. The molecular formula is C19H28N2O5. The first kappa shape index (κ1) is 20.2. The van der Waals surface area contributed by atoms with Crippen molar-refractivity contribution in [3.05, 3.63) is 24.3 Å². The Morgan fingerprint density at radius 2 is 1.85 bits per heavy atom. The number of anilines is 1. The molecule has 1 aromatic carbocycles. The summed E-state index contributed by atoms with van der Waals surface area (Å²) in [5, 5.41) is 6.27. The second-order valence-electron chi connectivity index (χ2n) is 6.47. The summed E-state index contributed by atoms with van der Waals surface area (Å²) in [4.78, 5) is 23.8. The lowest BCUT2D eigenvalue weighted by Crippen LogP contribution is -2.47. The number of carbonyl (C=O) groups excluding carboxylic acids is 2. The maximum Gasteiger partial charge on any atom is 0.305 e. The van der Waals surface area contributed by atoms with Gasteiger partial charge in [0.15, 0.2) is 0 Å². The van der Waals surface area contributed by atoms with Gasteiger partial charge in [-0.3, -0.25) is 9.59 Å². The highest BCUT2D eigenvalue weighted by Gasteiger charge is 2.39. The number of methoxy groups -OCH3 is 2. The van der Waals surface area contributed by atoms with Gasteiger partial charge in [0, 0.05) is 19.2 Å². The lowest BCUT2D eigenvalue weighted by atomic mass is 9.78. The van der Waals surface area contributed by atoms with E-state index in [-0.39, 0.29) is 11.9 Å². The standard InChI is InChI=1S/C19H28N2O5/c1-24-14-19(9-11-20-12-10-19)18(23)21-15-5-7-16(8-6-15)26-13-3-4-17(22)25-2/h5-8,20H,3-4,9-14H2,1-2H3,(H,21,23). The van der Waals surface area contributed by atoms with Crippen LogP contribution >= 0.6 is 0 Å². The molecule has 1 aliphatic rings. The number of hydrogen-bond donors (Lipinski definition) is 2. The maximum atomic E-state index is 12.8. The van der Waals surface area contributed by atoms with E-state index < -0.39 is 5.41 Å². The third kappa shape index (κ3) is 5.71. The Balaban J connectivity index is 1.85. The molecule has 144 valence electrons. The van der Waals surface area contributed by atoms with E-state index in [4.69, 9.17) is 9.47 Å². The minimum atomic E-state index is -0.483. The fraction of sp³-hybridized carbons (Fsp3) is 0.579. The van der Waals surface area contributed by atoms with Crippen molar-refractivity contribution >= 4 is 17.6 Å². The van der Waals surface area contributed by atoms with Gasteiger partial charge in [0.1, 0.15) is 5.75 Å². The van der Waals surface area contributed by atoms with Crippen LogP contribution in [-0.4, -0.2) is 52.4 Å². The van der Waals surface area contributed by atoms with Crippen LogP contribution in [0.1, 0.15) is 25.7 Å². The van der Waals surface area contributed by atoms with Crippen LogP contribution in [-0.2, 0) is 19.1 Å². The van der Waals surface area contributed by atoms with Crippen molar-refractivity contribution in [1.29, 1.82) is 0 Å². The van der Waals surface area contributed by atoms with Crippen molar-refractivity contribution in [1.82, 2.24) is 5.32 Å². The Kier molecular flexibility index (Phi) is 7.87. The molecule has 0 unspecified atom stereocenters. The molecule has 0 radical (unpaired) electrons. The Morgan fingerprint density at radius 3 is 2.46 bits per heavy atom. The molecule has 1 heterocycles. The summed E-state index contributed by atoms with van der Waals surface area (Å²) < 4.78 is 15.5. The van der Waals surface area contributed by atoms with E-state index in [2.05, 4.69) is 15.4 Å². The number of rotatable bonds is 9. The first-order chi connectivity index (χ1) is 12.6. The van der Waals surface area contributed by atoms with Gasteiger partial charge < -0.3 is 24.8 Å².